The highest BCUT2D eigenvalue weighted by atomic mass is 32.1. The highest BCUT2D eigenvalue weighted by molar-refractivity contribution is 7.80. The average molecular weight is 209 g/mol. The van der Waals surface area contributed by atoms with Gasteiger partial charge in [0, 0.05) is 23.7 Å². The van der Waals surface area contributed by atoms with Crippen molar-refractivity contribution in [1.29, 1.82) is 0 Å². The minimum absolute atomic E-state index is 0.533. The molecule has 0 amide bonds. The largest absolute Gasteiger partial charge is 0.372 e. The van der Waals surface area contributed by atoms with E-state index in [1.807, 2.05) is 0 Å². The lowest BCUT2D eigenvalue weighted by atomic mass is 10.1. The summed E-state index contributed by atoms with van der Waals surface area (Å²) in [5.41, 5.74) is 2.69. The van der Waals surface area contributed by atoms with Crippen molar-refractivity contribution >= 4 is 18.3 Å². The minimum atomic E-state index is 0.533. The van der Waals surface area contributed by atoms with E-state index in [-0.39, 0.29) is 0 Å². The molecule has 78 valence electrons. The number of aryl methyl sites for hydroxylation is 1. The van der Waals surface area contributed by atoms with Gasteiger partial charge < -0.3 is 4.90 Å². The Morgan fingerprint density at radius 2 is 2.00 bits per heavy atom. The number of hydrogen-bond donors (Lipinski definition) is 1. The van der Waals surface area contributed by atoms with Crippen molar-refractivity contribution in [2.24, 2.45) is 0 Å². The van der Waals surface area contributed by atoms with Gasteiger partial charge in [-0.05, 0) is 44.0 Å². The van der Waals surface area contributed by atoms with Crippen LogP contribution in [0.15, 0.2) is 23.1 Å². The zero-order valence-electron chi connectivity index (χ0n) is 9.41. The second-order valence-electron chi connectivity index (χ2n) is 3.87. The standard InChI is InChI=1S/C12H19NS/c1-5-10-8-11(14)6-7-12(10)13(4)9(2)3/h6-9,14H,5H2,1-4H3. The quantitative estimate of drug-likeness (QED) is 0.747. The highest BCUT2D eigenvalue weighted by Gasteiger charge is 2.08. The van der Waals surface area contributed by atoms with E-state index < -0.39 is 0 Å². The van der Waals surface area contributed by atoms with Crippen LogP contribution in [0.25, 0.3) is 0 Å². The van der Waals surface area contributed by atoms with Crippen LogP contribution in [0.2, 0.25) is 0 Å². The lowest BCUT2D eigenvalue weighted by Crippen LogP contribution is -2.26. The summed E-state index contributed by atoms with van der Waals surface area (Å²) in [5, 5.41) is 0. The lowest BCUT2D eigenvalue weighted by molar-refractivity contribution is 0.749. The summed E-state index contributed by atoms with van der Waals surface area (Å²) in [6.45, 7) is 6.59. The van der Waals surface area contributed by atoms with Gasteiger partial charge in [-0.3, -0.25) is 0 Å². The van der Waals surface area contributed by atoms with Crippen LogP contribution in [-0.2, 0) is 6.42 Å². The fraction of sp³-hybridized carbons (Fsp3) is 0.500. The summed E-state index contributed by atoms with van der Waals surface area (Å²) in [6.07, 6.45) is 1.06. The van der Waals surface area contributed by atoms with Gasteiger partial charge in [0.2, 0.25) is 0 Å². The number of nitrogens with zero attached hydrogens (tertiary/aromatic N) is 1. The summed E-state index contributed by atoms with van der Waals surface area (Å²) in [4.78, 5) is 3.34. The minimum Gasteiger partial charge on any atom is -0.372 e. The van der Waals surface area contributed by atoms with Gasteiger partial charge in [-0.2, -0.15) is 0 Å². The molecule has 1 aromatic rings. The Kier molecular flexibility index (Phi) is 3.87. The van der Waals surface area contributed by atoms with Crippen molar-refractivity contribution in [3.05, 3.63) is 23.8 Å². The van der Waals surface area contributed by atoms with Crippen LogP contribution in [0.3, 0.4) is 0 Å². The van der Waals surface area contributed by atoms with Gasteiger partial charge in [0.1, 0.15) is 0 Å². The molecule has 0 unspecified atom stereocenters. The highest BCUT2D eigenvalue weighted by Crippen LogP contribution is 2.24. The average Bonchev–Trinajstić information content (AvgIpc) is 2.16. The van der Waals surface area contributed by atoms with Crippen molar-refractivity contribution in [3.63, 3.8) is 0 Å². The van der Waals surface area contributed by atoms with Crippen molar-refractivity contribution in [2.75, 3.05) is 11.9 Å². The number of anilines is 1. The van der Waals surface area contributed by atoms with Gasteiger partial charge in [-0.1, -0.05) is 6.92 Å². The van der Waals surface area contributed by atoms with Crippen LogP contribution >= 0.6 is 12.6 Å². The molecular weight excluding hydrogens is 190 g/mol. The lowest BCUT2D eigenvalue weighted by Gasteiger charge is -2.26. The molecule has 0 heterocycles. The van der Waals surface area contributed by atoms with Crippen LogP contribution in [0, 0.1) is 0 Å². The van der Waals surface area contributed by atoms with E-state index in [9.17, 15) is 0 Å². The Morgan fingerprint density at radius 1 is 1.36 bits per heavy atom. The summed E-state index contributed by atoms with van der Waals surface area (Å²) >= 11 is 4.36. The SMILES string of the molecule is CCc1cc(S)ccc1N(C)C(C)C. The van der Waals surface area contributed by atoms with Crippen molar-refractivity contribution < 1.29 is 0 Å². The van der Waals surface area contributed by atoms with Crippen LogP contribution < -0.4 is 4.90 Å². The third kappa shape index (κ3) is 2.44. The maximum atomic E-state index is 4.36. The molecule has 0 bridgehead atoms. The van der Waals surface area contributed by atoms with Crippen molar-refractivity contribution in [2.45, 2.75) is 38.1 Å². The predicted molar refractivity (Wildman–Crippen MR) is 66.6 cm³/mol. The van der Waals surface area contributed by atoms with Gasteiger partial charge >= 0.3 is 0 Å². The second kappa shape index (κ2) is 4.74. The Bertz CT molecular complexity index is 307. The summed E-state index contributed by atoms with van der Waals surface area (Å²) in [5.74, 6) is 0. The molecule has 1 rings (SSSR count). The molecule has 14 heavy (non-hydrogen) atoms. The third-order valence-electron chi connectivity index (χ3n) is 2.60. The molecule has 0 aromatic heterocycles. The second-order valence-corrected chi connectivity index (χ2v) is 4.39. The van der Waals surface area contributed by atoms with Crippen LogP contribution in [0.4, 0.5) is 5.69 Å². The Balaban J connectivity index is 3.07. The van der Waals surface area contributed by atoms with Crippen LogP contribution in [-0.4, -0.2) is 13.1 Å². The van der Waals surface area contributed by atoms with E-state index in [2.05, 4.69) is 63.5 Å². The number of thiol groups is 1. The molecule has 0 saturated carbocycles. The maximum Gasteiger partial charge on any atom is 0.0399 e. The molecule has 0 spiro atoms. The molecule has 0 saturated heterocycles. The number of hydrogen-bond acceptors (Lipinski definition) is 2. The van der Waals surface area contributed by atoms with Crippen LogP contribution in [0.5, 0.6) is 0 Å². The molecule has 0 aliphatic heterocycles. The first-order valence-corrected chi connectivity index (χ1v) is 5.55. The fourth-order valence-electron chi connectivity index (χ4n) is 1.48. The zero-order chi connectivity index (χ0) is 10.7. The summed E-state index contributed by atoms with van der Waals surface area (Å²) in [7, 11) is 2.14. The summed E-state index contributed by atoms with van der Waals surface area (Å²) in [6, 6.07) is 6.89. The fourth-order valence-corrected chi connectivity index (χ4v) is 1.71. The van der Waals surface area contributed by atoms with Gasteiger partial charge in [0.15, 0.2) is 0 Å². The third-order valence-corrected chi connectivity index (χ3v) is 2.88. The molecular formula is C12H19NS. The van der Waals surface area contributed by atoms with Crippen LogP contribution in [0.1, 0.15) is 26.3 Å². The van der Waals surface area contributed by atoms with Crippen molar-refractivity contribution in [3.8, 4) is 0 Å². The molecule has 0 aliphatic rings. The first-order valence-electron chi connectivity index (χ1n) is 5.11. The molecule has 0 fully saturated rings. The van der Waals surface area contributed by atoms with E-state index in [1.54, 1.807) is 0 Å². The zero-order valence-corrected chi connectivity index (χ0v) is 10.3. The topological polar surface area (TPSA) is 3.24 Å². The Labute approximate surface area is 92.5 Å². The first kappa shape index (κ1) is 11.4. The van der Waals surface area contributed by atoms with E-state index >= 15 is 0 Å². The first-order chi connectivity index (χ1) is 6.56. The van der Waals surface area contributed by atoms with Gasteiger partial charge in [0.05, 0.1) is 0 Å². The molecule has 0 atom stereocenters. The monoisotopic (exact) mass is 209 g/mol. The van der Waals surface area contributed by atoms with E-state index in [0.29, 0.717) is 6.04 Å². The van der Waals surface area contributed by atoms with E-state index in [0.717, 1.165) is 11.3 Å². The van der Waals surface area contributed by atoms with Crippen molar-refractivity contribution in [1.82, 2.24) is 0 Å². The van der Waals surface area contributed by atoms with E-state index in [4.69, 9.17) is 0 Å². The molecule has 0 radical (unpaired) electrons. The molecule has 0 N–H and O–H groups in total. The maximum absolute atomic E-state index is 4.36. The Morgan fingerprint density at radius 3 is 2.50 bits per heavy atom. The summed E-state index contributed by atoms with van der Waals surface area (Å²) < 4.78 is 0. The predicted octanol–water partition coefficient (Wildman–Crippen LogP) is 3.38. The van der Waals surface area contributed by atoms with E-state index in [1.165, 1.54) is 11.3 Å². The smallest absolute Gasteiger partial charge is 0.0399 e. The molecule has 1 nitrogen and oxygen atoms in total. The normalized spacial score (nSPS) is 10.7. The van der Waals surface area contributed by atoms with Gasteiger partial charge in [-0.15, -0.1) is 12.6 Å². The Hall–Kier alpha value is -0.630. The number of rotatable bonds is 3. The van der Waals surface area contributed by atoms with Gasteiger partial charge in [-0.25, -0.2) is 0 Å². The molecule has 0 aliphatic carbocycles. The number of benzene rings is 1. The molecule has 2 heteroatoms. The van der Waals surface area contributed by atoms with Gasteiger partial charge in [0.25, 0.3) is 0 Å². The molecule has 1 aromatic carbocycles.